The molecule has 232 valence electrons. The van der Waals surface area contributed by atoms with Crippen LogP contribution in [0.1, 0.15) is 36.6 Å². The molecule has 4 N–H and O–H groups in total. The number of aliphatic hydroxyl groups excluding tert-OH is 1. The lowest BCUT2D eigenvalue weighted by molar-refractivity contribution is -0.136. The molecule has 0 fully saturated rings. The number of nitrogens with zero attached hydrogens (tertiary/aromatic N) is 1. The number of ether oxygens (including phenoxy) is 4. The first-order valence-corrected chi connectivity index (χ1v) is 15.7. The van der Waals surface area contributed by atoms with Gasteiger partial charge in [0.25, 0.3) is 0 Å². The zero-order valence-corrected chi connectivity index (χ0v) is 28.5. The number of amides is 2. The average Bonchev–Trinajstić information content (AvgIpc) is 3.00. The normalized spacial score (nSPS) is 15.3. The third-order valence-electron chi connectivity index (χ3n) is 6.36. The summed E-state index contributed by atoms with van der Waals surface area (Å²) >= 11 is 4.46. The summed E-state index contributed by atoms with van der Waals surface area (Å²) in [6.45, 7) is 4.14. The summed E-state index contributed by atoms with van der Waals surface area (Å²) in [5.74, 6) is 0.995. The molecule has 0 saturated carbocycles. The smallest absolute Gasteiger partial charge is 0.337 e. The van der Waals surface area contributed by atoms with E-state index in [-0.39, 0.29) is 12.2 Å². The molecule has 0 aliphatic carbocycles. The zero-order chi connectivity index (χ0) is 31.6. The molecule has 0 unspecified atom stereocenters. The van der Waals surface area contributed by atoms with Gasteiger partial charge in [-0.3, -0.25) is 5.43 Å². The molecule has 0 spiro atoms. The van der Waals surface area contributed by atoms with Gasteiger partial charge in [0, 0.05) is 5.70 Å². The maximum atomic E-state index is 12.4. The standard InChI is InChI=1S/C31H32I2N4O7/c1-4-42-25-14-21(28-27(30(39)41-3)18(2)35-31(40)36-28)10-11-24(25)43-17-26(38)37-34-15-20-12-22(32)29(23(33)13-20)44-16-19-8-6-5-7-9-19/h5-15,26,28,37-38H,4,16-17H2,1-3H3,(H2,35,36,40)/b34-15-/t26-,28-/m1/s1. The molecule has 0 saturated heterocycles. The molecule has 0 radical (unpaired) electrons. The molecule has 0 bridgehead atoms. The van der Waals surface area contributed by atoms with Crippen LogP contribution in [0.3, 0.4) is 0 Å². The van der Waals surface area contributed by atoms with Crippen LogP contribution in [0.25, 0.3) is 0 Å². The number of benzene rings is 3. The number of nitrogens with one attached hydrogen (secondary N) is 3. The van der Waals surface area contributed by atoms with E-state index < -0.39 is 24.3 Å². The molecule has 0 aromatic heterocycles. The summed E-state index contributed by atoms with van der Waals surface area (Å²) in [5, 5.41) is 20.0. The minimum Gasteiger partial charge on any atom is -0.490 e. The first kappa shape index (κ1) is 33.3. The molecule has 2 atom stereocenters. The third kappa shape index (κ3) is 8.75. The number of hydrazone groups is 1. The maximum Gasteiger partial charge on any atom is 0.337 e. The lowest BCUT2D eigenvalue weighted by atomic mass is 9.95. The van der Waals surface area contributed by atoms with E-state index in [4.69, 9.17) is 18.9 Å². The van der Waals surface area contributed by atoms with Gasteiger partial charge >= 0.3 is 12.0 Å². The molecule has 1 aliphatic heterocycles. The number of methoxy groups -OCH3 is 1. The quantitative estimate of drug-likeness (QED) is 0.0622. The Morgan fingerprint density at radius 3 is 2.48 bits per heavy atom. The molecular formula is C31H32I2N4O7. The Bertz CT molecular complexity index is 1530. The highest BCUT2D eigenvalue weighted by Gasteiger charge is 2.32. The Morgan fingerprint density at radius 1 is 1.07 bits per heavy atom. The minimum absolute atomic E-state index is 0.130. The van der Waals surface area contributed by atoms with Crippen molar-refractivity contribution in [2.75, 3.05) is 20.3 Å². The summed E-state index contributed by atoms with van der Waals surface area (Å²) in [5.41, 5.74) is 5.86. The molecule has 4 rings (SSSR count). The van der Waals surface area contributed by atoms with Crippen molar-refractivity contribution in [3.63, 3.8) is 0 Å². The Balaban J connectivity index is 1.37. The Morgan fingerprint density at radius 2 is 1.80 bits per heavy atom. The van der Waals surface area contributed by atoms with Crippen LogP contribution in [0.5, 0.6) is 17.2 Å². The Kier molecular flexibility index (Phi) is 12.1. The van der Waals surface area contributed by atoms with Crippen LogP contribution < -0.4 is 30.3 Å². The van der Waals surface area contributed by atoms with E-state index in [1.54, 1.807) is 31.3 Å². The van der Waals surface area contributed by atoms with Crippen molar-refractivity contribution >= 4 is 63.4 Å². The van der Waals surface area contributed by atoms with Crippen LogP contribution in [0.15, 0.2) is 77.0 Å². The molecule has 13 heteroatoms. The van der Waals surface area contributed by atoms with Crippen LogP contribution in [-0.2, 0) is 16.1 Å². The monoisotopic (exact) mass is 826 g/mol. The van der Waals surface area contributed by atoms with Crippen LogP contribution in [0.4, 0.5) is 4.79 Å². The highest BCUT2D eigenvalue weighted by Crippen LogP contribution is 2.35. The lowest BCUT2D eigenvalue weighted by Gasteiger charge is -2.28. The largest absolute Gasteiger partial charge is 0.490 e. The fraction of sp³-hybridized carbons (Fsp3) is 0.258. The fourth-order valence-corrected chi connectivity index (χ4v) is 6.47. The molecule has 1 aliphatic rings. The second-order valence-electron chi connectivity index (χ2n) is 9.50. The molecule has 3 aromatic carbocycles. The van der Waals surface area contributed by atoms with Crippen molar-refractivity contribution < 1.29 is 33.6 Å². The van der Waals surface area contributed by atoms with Gasteiger partial charge in [0.15, 0.2) is 17.7 Å². The third-order valence-corrected chi connectivity index (χ3v) is 7.96. The highest BCUT2D eigenvalue weighted by atomic mass is 127. The molecule has 2 amide bonds. The van der Waals surface area contributed by atoms with Crippen molar-refractivity contribution in [3.05, 3.63) is 95.8 Å². The Hall–Kier alpha value is -3.57. The molecule has 44 heavy (non-hydrogen) atoms. The van der Waals surface area contributed by atoms with Gasteiger partial charge in [0.1, 0.15) is 19.0 Å². The number of urea groups is 1. The number of hydrogen-bond acceptors (Lipinski definition) is 9. The summed E-state index contributed by atoms with van der Waals surface area (Å²) in [7, 11) is 1.28. The number of carbonyl (C=O) groups excluding carboxylic acids is 2. The second kappa shape index (κ2) is 15.9. The van der Waals surface area contributed by atoms with Gasteiger partial charge in [0.2, 0.25) is 0 Å². The molecular weight excluding hydrogens is 794 g/mol. The van der Waals surface area contributed by atoms with Crippen LogP contribution in [-0.4, -0.2) is 49.9 Å². The van der Waals surface area contributed by atoms with Gasteiger partial charge in [0.05, 0.1) is 38.7 Å². The first-order chi connectivity index (χ1) is 21.2. The van der Waals surface area contributed by atoms with E-state index in [1.165, 1.54) is 7.11 Å². The number of halogens is 2. The SMILES string of the molecule is CCOc1cc([C@H]2NC(=O)NC(C)=C2C(=O)OC)ccc1OC[C@@H](O)N/N=C\c1cc(I)c(OCc2ccccc2)c(I)c1. The van der Waals surface area contributed by atoms with Crippen molar-refractivity contribution in [2.24, 2.45) is 5.10 Å². The molecule has 3 aromatic rings. The number of allylic oxidation sites excluding steroid dienone is 1. The maximum absolute atomic E-state index is 12.4. The fourth-order valence-electron chi connectivity index (χ4n) is 4.34. The minimum atomic E-state index is -1.12. The van der Waals surface area contributed by atoms with E-state index in [0.29, 0.717) is 36.0 Å². The Labute approximate surface area is 282 Å². The van der Waals surface area contributed by atoms with Crippen molar-refractivity contribution in [1.29, 1.82) is 0 Å². The first-order valence-electron chi connectivity index (χ1n) is 13.6. The van der Waals surface area contributed by atoms with E-state index in [0.717, 1.165) is 24.0 Å². The van der Waals surface area contributed by atoms with Gasteiger partial charge in [-0.05, 0) is 100.0 Å². The molecule has 11 nitrogen and oxygen atoms in total. The highest BCUT2D eigenvalue weighted by molar-refractivity contribution is 14.1. The molecule has 1 heterocycles. The summed E-state index contributed by atoms with van der Waals surface area (Å²) in [6.07, 6.45) is 0.490. The van der Waals surface area contributed by atoms with Gasteiger partial charge in [-0.1, -0.05) is 36.4 Å². The van der Waals surface area contributed by atoms with Crippen molar-refractivity contribution in [1.82, 2.24) is 16.1 Å². The van der Waals surface area contributed by atoms with Crippen LogP contribution >= 0.6 is 45.2 Å². The van der Waals surface area contributed by atoms with Gasteiger partial charge in [-0.25, -0.2) is 9.59 Å². The van der Waals surface area contributed by atoms with E-state index in [9.17, 15) is 14.7 Å². The van der Waals surface area contributed by atoms with Crippen LogP contribution in [0.2, 0.25) is 0 Å². The van der Waals surface area contributed by atoms with Gasteiger partial charge in [-0.2, -0.15) is 5.10 Å². The summed E-state index contributed by atoms with van der Waals surface area (Å²) in [6, 6.07) is 17.7. The van der Waals surface area contributed by atoms with Gasteiger partial charge < -0.3 is 34.7 Å². The van der Waals surface area contributed by atoms with Crippen molar-refractivity contribution in [2.45, 2.75) is 32.7 Å². The number of esters is 1. The second-order valence-corrected chi connectivity index (χ2v) is 11.8. The summed E-state index contributed by atoms with van der Waals surface area (Å²) < 4.78 is 24.4. The predicted molar refractivity (Wildman–Crippen MR) is 182 cm³/mol. The summed E-state index contributed by atoms with van der Waals surface area (Å²) in [4.78, 5) is 24.6. The van der Waals surface area contributed by atoms with Crippen molar-refractivity contribution in [3.8, 4) is 17.2 Å². The van der Waals surface area contributed by atoms with E-state index in [2.05, 4.69) is 66.3 Å². The topological polar surface area (TPSA) is 140 Å². The lowest BCUT2D eigenvalue weighted by Crippen LogP contribution is -2.45. The number of aliphatic hydroxyl groups is 1. The zero-order valence-electron chi connectivity index (χ0n) is 24.2. The van der Waals surface area contributed by atoms with Gasteiger partial charge in [-0.15, -0.1) is 0 Å². The number of carbonyl (C=O) groups is 2. The number of rotatable bonds is 13. The average molecular weight is 826 g/mol. The predicted octanol–water partition coefficient (Wildman–Crippen LogP) is 5.00. The van der Waals surface area contributed by atoms with E-state index in [1.807, 2.05) is 49.4 Å². The van der Waals surface area contributed by atoms with E-state index >= 15 is 0 Å². The number of hydrogen-bond donors (Lipinski definition) is 4. The van der Waals surface area contributed by atoms with Crippen LogP contribution in [0, 0.1) is 7.14 Å².